The van der Waals surface area contributed by atoms with Crippen molar-refractivity contribution in [3.05, 3.63) is 58.6 Å². The molecule has 1 aliphatic heterocycles. The zero-order chi connectivity index (χ0) is 27.4. The van der Waals surface area contributed by atoms with Gasteiger partial charge in [-0.3, -0.25) is 9.69 Å². The third-order valence-electron chi connectivity index (χ3n) is 7.22. The molecule has 1 N–H and O–H groups in total. The lowest BCUT2D eigenvalue weighted by Crippen LogP contribution is -2.44. The molecule has 1 amide bonds. The van der Waals surface area contributed by atoms with Crippen LogP contribution < -0.4 is 10.1 Å². The van der Waals surface area contributed by atoms with Crippen LogP contribution in [0.4, 0.5) is 13.2 Å². The van der Waals surface area contributed by atoms with Gasteiger partial charge in [0.1, 0.15) is 0 Å². The average molecular weight is 564 g/mol. The summed E-state index contributed by atoms with van der Waals surface area (Å²) in [5.41, 5.74) is 1.31. The van der Waals surface area contributed by atoms with Gasteiger partial charge in [0.25, 0.3) is 5.91 Å². The Balaban J connectivity index is 1.33. The largest absolute Gasteiger partial charge is 0.477 e. The van der Waals surface area contributed by atoms with Crippen molar-refractivity contribution in [2.75, 3.05) is 39.5 Å². The zero-order valence-corrected chi connectivity index (χ0v) is 22.0. The van der Waals surface area contributed by atoms with E-state index < -0.39 is 23.9 Å². The number of nitrogens with one attached hydrogen (secondary N) is 1. The molecule has 12 heteroatoms. The molecule has 2 aliphatic rings. The van der Waals surface area contributed by atoms with Gasteiger partial charge in [-0.25, -0.2) is 15.0 Å². The molecule has 1 saturated carbocycles. The number of ether oxygens (including phenoxy) is 2. The Kier molecular flexibility index (Phi) is 8.49. The van der Waals surface area contributed by atoms with Crippen LogP contribution in [0, 0.1) is 5.92 Å². The molecule has 0 spiro atoms. The van der Waals surface area contributed by atoms with Gasteiger partial charge in [0, 0.05) is 49.0 Å². The number of rotatable bonds is 8. The number of nitrogens with zero attached hydrogens (tertiary/aromatic N) is 4. The lowest BCUT2D eigenvalue weighted by Gasteiger charge is -2.34. The molecule has 1 aromatic carbocycles. The molecule has 1 aliphatic carbocycles. The van der Waals surface area contributed by atoms with Gasteiger partial charge in [0.15, 0.2) is 0 Å². The Hall–Kier alpha value is -3.02. The number of morpholine rings is 1. The molecule has 2 aromatic heterocycles. The van der Waals surface area contributed by atoms with Crippen molar-refractivity contribution in [2.45, 2.75) is 37.9 Å². The molecule has 0 radical (unpaired) electrons. The number of benzene rings is 1. The second-order valence-corrected chi connectivity index (χ2v) is 10.2. The van der Waals surface area contributed by atoms with E-state index in [4.69, 9.17) is 21.1 Å². The van der Waals surface area contributed by atoms with Crippen molar-refractivity contribution in [3.63, 3.8) is 0 Å². The van der Waals surface area contributed by atoms with Crippen LogP contribution in [0.15, 0.2) is 36.7 Å². The quantitative estimate of drug-likeness (QED) is 0.409. The smallest absolute Gasteiger partial charge is 0.451 e. The maximum absolute atomic E-state index is 13.4. The number of hydrogen-bond acceptors (Lipinski definition) is 7. The molecule has 0 bridgehead atoms. The van der Waals surface area contributed by atoms with Gasteiger partial charge in [-0.15, -0.1) is 0 Å². The van der Waals surface area contributed by atoms with Crippen molar-refractivity contribution in [1.29, 1.82) is 0 Å². The minimum Gasteiger partial charge on any atom is -0.477 e. The van der Waals surface area contributed by atoms with Crippen LogP contribution in [0.1, 0.15) is 53.5 Å². The van der Waals surface area contributed by atoms with Crippen molar-refractivity contribution in [3.8, 4) is 5.88 Å². The average Bonchev–Trinajstić information content (AvgIpc) is 3.46. The molecule has 3 heterocycles. The fourth-order valence-electron chi connectivity index (χ4n) is 5.13. The maximum Gasteiger partial charge on any atom is 0.451 e. The van der Waals surface area contributed by atoms with Gasteiger partial charge >= 0.3 is 6.18 Å². The van der Waals surface area contributed by atoms with E-state index in [0.717, 1.165) is 25.2 Å². The maximum atomic E-state index is 13.4. The van der Waals surface area contributed by atoms with E-state index in [1.54, 1.807) is 24.3 Å². The first-order valence-electron chi connectivity index (χ1n) is 13.0. The van der Waals surface area contributed by atoms with Gasteiger partial charge in [-0.1, -0.05) is 24.4 Å². The van der Waals surface area contributed by atoms with Crippen molar-refractivity contribution < 1.29 is 27.4 Å². The van der Waals surface area contributed by atoms with Crippen LogP contribution in [-0.4, -0.2) is 65.2 Å². The second-order valence-electron chi connectivity index (χ2n) is 9.81. The highest BCUT2D eigenvalue weighted by molar-refractivity contribution is 6.35. The first-order valence-corrected chi connectivity index (χ1v) is 13.4. The molecule has 3 aromatic rings. The Bertz CT molecular complexity index is 1300. The van der Waals surface area contributed by atoms with E-state index in [-0.39, 0.29) is 17.1 Å². The topological polar surface area (TPSA) is 89.5 Å². The summed E-state index contributed by atoms with van der Waals surface area (Å²) >= 11 is 6.45. The molecule has 5 rings (SSSR count). The zero-order valence-electron chi connectivity index (χ0n) is 21.2. The standard InChI is InChI=1S/C27H29ClF3N5O3/c28-20-6-7-21-19(5-8-23(35-21)39-16-17-3-1-2-4-17)24(20)25(37)32-15-22(36-9-11-38-12-10-36)18-13-33-26(34-14-18)27(29,30)31/h5-8,13-14,17,22H,1-4,9-12,15-16H2,(H,32,37). The fraction of sp³-hybridized carbons (Fsp3) is 0.481. The van der Waals surface area contributed by atoms with Crippen LogP contribution in [-0.2, 0) is 10.9 Å². The SMILES string of the molecule is O=C(NCC(c1cnc(C(F)(F)F)nc1)N1CCOCC1)c1c(Cl)ccc2nc(OCC3CCCC3)ccc12. The van der Waals surface area contributed by atoms with Gasteiger partial charge in [0.05, 0.1) is 42.0 Å². The number of aromatic nitrogens is 3. The van der Waals surface area contributed by atoms with Crippen LogP contribution in [0.25, 0.3) is 10.9 Å². The van der Waals surface area contributed by atoms with Crippen molar-refractivity contribution >= 4 is 28.4 Å². The molecule has 8 nitrogen and oxygen atoms in total. The first kappa shape index (κ1) is 27.5. The van der Waals surface area contributed by atoms with Crippen molar-refractivity contribution in [2.24, 2.45) is 5.92 Å². The van der Waals surface area contributed by atoms with E-state index in [9.17, 15) is 18.0 Å². The summed E-state index contributed by atoms with van der Waals surface area (Å²) in [6, 6.07) is 6.42. The Labute approximate surface area is 228 Å². The number of amides is 1. The Morgan fingerprint density at radius 1 is 1.13 bits per heavy atom. The molecule has 208 valence electrons. The van der Waals surface area contributed by atoms with Crippen LogP contribution in [0.3, 0.4) is 0 Å². The lowest BCUT2D eigenvalue weighted by atomic mass is 10.1. The third-order valence-corrected chi connectivity index (χ3v) is 7.53. The molecule has 2 fully saturated rings. The second kappa shape index (κ2) is 12.0. The summed E-state index contributed by atoms with van der Waals surface area (Å²) in [7, 11) is 0. The Morgan fingerprint density at radius 3 is 2.54 bits per heavy atom. The summed E-state index contributed by atoms with van der Waals surface area (Å²) in [6.07, 6.45) is 2.47. The minimum atomic E-state index is -4.64. The summed E-state index contributed by atoms with van der Waals surface area (Å²) < 4.78 is 50.3. The predicted molar refractivity (Wildman–Crippen MR) is 139 cm³/mol. The predicted octanol–water partition coefficient (Wildman–Crippen LogP) is 5.07. The number of fused-ring (bicyclic) bond motifs is 1. The molecule has 39 heavy (non-hydrogen) atoms. The van der Waals surface area contributed by atoms with E-state index >= 15 is 0 Å². The monoisotopic (exact) mass is 563 g/mol. The van der Waals surface area contributed by atoms with Gasteiger partial charge in [-0.2, -0.15) is 13.2 Å². The van der Waals surface area contributed by atoms with Crippen LogP contribution >= 0.6 is 11.6 Å². The number of hydrogen-bond donors (Lipinski definition) is 1. The summed E-state index contributed by atoms with van der Waals surface area (Å²) in [5.74, 6) is -0.586. The number of pyridine rings is 1. The summed E-state index contributed by atoms with van der Waals surface area (Å²) in [4.78, 5) is 27.0. The Morgan fingerprint density at radius 2 is 1.85 bits per heavy atom. The fourth-order valence-corrected chi connectivity index (χ4v) is 5.38. The van der Waals surface area contributed by atoms with Gasteiger partial charge in [0.2, 0.25) is 11.7 Å². The van der Waals surface area contributed by atoms with E-state index in [1.165, 1.54) is 12.8 Å². The third kappa shape index (κ3) is 6.59. The van der Waals surface area contributed by atoms with Crippen LogP contribution in [0.5, 0.6) is 5.88 Å². The molecule has 1 saturated heterocycles. The molecule has 1 unspecified atom stereocenters. The lowest BCUT2D eigenvalue weighted by molar-refractivity contribution is -0.145. The van der Waals surface area contributed by atoms with E-state index in [1.807, 2.05) is 4.90 Å². The number of carbonyl (C=O) groups excluding carboxylic acids is 1. The number of carbonyl (C=O) groups is 1. The normalized spacial score (nSPS) is 17.8. The summed E-state index contributed by atoms with van der Waals surface area (Å²) in [6.45, 7) is 2.76. The summed E-state index contributed by atoms with van der Waals surface area (Å²) in [5, 5.41) is 3.75. The highest BCUT2D eigenvalue weighted by atomic mass is 35.5. The van der Waals surface area contributed by atoms with Crippen molar-refractivity contribution in [1.82, 2.24) is 25.2 Å². The van der Waals surface area contributed by atoms with Gasteiger partial charge in [-0.05, 0) is 37.0 Å². The first-order chi connectivity index (χ1) is 18.8. The molecule has 1 atom stereocenters. The molecular weight excluding hydrogens is 535 g/mol. The number of alkyl halides is 3. The molecular formula is C27H29ClF3N5O3. The number of halogens is 4. The van der Waals surface area contributed by atoms with Crippen LogP contribution in [0.2, 0.25) is 5.02 Å². The van der Waals surface area contributed by atoms with E-state index in [2.05, 4.69) is 20.3 Å². The minimum absolute atomic E-state index is 0.107. The van der Waals surface area contributed by atoms with Gasteiger partial charge < -0.3 is 14.8 Å². The van der Waals surface area contributed by atoms with E-state index in [0.29, 0.717) is 61.2 Å². The highest BCUT2D eigenvalue weighted by Gasteiger charge is 2.35. The highest BCUT2D eigenvalue weighted by Crippen LogP contribution is 2.30.